The predicted molar refractivity (Wildman–Crippen MR) is 24.1 cm³/mol. The van der Waals surface area contributed by atoms with Gasteiger partial charge < -0.3 is 10.4 Å². The highest BCUT2D eigenvalue weighted by atomic mass is 17.1. The van der Waals surface area contributed by atoms with Crippen LogP contribution in [0.4, 0.5) is 0 Å². The molecule has 0 aliphatic heterocycles. The molecule has 0 saturated carbocycles. The molecule has 0 unspecified atom stereocenters. The molecule has 9 heavy (non-hydrogen) atoms. The Morgan fingerprint density at radius 3 is 2.33 bits per heavy atom. The third kappa shape index (κ3) is 5.51. The lowest BCUT2D eigenvalue weighted by molar-refractivity contribution is -0.314. The summed E-state index contributed by atoms with van der Waals surface area (Å²) in [5.41, 5.74) is 1.35. The zero-order chi connectivity index (χ0) is 7.28. The largest absolute Gasteiger partial charge is 0.747 e. The second-order valence-electron chi connectivity index (χ2n) is 0.830. The third-order valence-corrected chi connectivity index (χ3v) is 0.301. The highest BCUT2D eigenvalue weighted by Crippen LogP contribution is 1.74. The van der Waals surface area contributed by atoms with Crippen LogP contribution in [-0.2, 0) is 9.88 Å². The summed E-state index contributed by atoms with van der Waals surface area (Å²) in [5.74, 6) is 8.59. The van der Waals surface area contributed by atoms with Crippen LogP contribution in [0.3, 0.4) is 0 Å². The fraction of sp³-hybridized carbons (Fsp3) is 0. The number of hydrogen-bond acceptors (Lipinski definition) is 9. The first-order valence-corrected chi connectivity index (χ1v) is 1.65. The molecule has 0 heterocycles. The van der Waals surface area contributed by atoms with Crippen LogP contribution in [0.15, 0.2) is 0 Å². The van der Waals surface area contributed by atoms with Gasteiger partial charge in [-0.1, -0.05) is 5.59 Å². The van der Waals surface area contributed by atoms with Crippen molar-refractivity contribution in [1.82, 2.24) is 16.3 Å². The minimum absolute atomic E-state index is 0.419. The van der Waals surface area contributed by atoms with E-state index in [4.69, 9.17) is 0 Å². The molecule has 0 radical (unpaired) electrons. The summed E-state index contributed by atoms with van der Waals surface area (Å²) < 4.78 is 0. The van der Waals surface area contributed by atoms with Crippen molar-refractivity contribution in [3.63, 3.8) is 0 Å². The molecule has 9 nitrogen and oxygen atoms in total. The molecule has 0 aliphatic carbocycles. The average molecular weight is 139 g/mol. The molecule has 0 fully saturated rings. The standard InChI is InChI=1S/H5N5O4/c1-4(6)9-3-5(7)8-2/h3H,1-2H2/q-2. The highest BCUT2D eigenvalue weighted by molar-refractivity contribution is 4.19. The first-order chi connectivity index (χ1) is 4.16. The van der Waals surface area contributed by atoms with Crippen LogP contribution in [0.5, 0.6) is 0 Å². The highest BCUT2D eigenvalue weighted by Gasteiger charge is 1.84. The second-order valence-corrected chi connectivity index (χ2v) is 0.830. The van der Waals surface area contributed by atoms with Crippen LogP contribution >= 0.6 is 0 Å². The number of hydrogen-bond donors (Lipinski definition) is 3. The average Bonchev–Trinajstić information content (AvgIpc) is 1.83. The van der Waals surface area contributed by atoms with Crippen LogP contribution < -0.4 is 17.3 Å². The SMILES string of the molecule is NON([O-])NON(N)[O-]. The van der Waals surface area contributed by atoms with Gasteiger partial charge in [0.15, 0.2) is 0 Å². The summed E-state index contributed by atoms with van der Waals surface area (Å²) in [5, 5.41) is 18.5. The van der Waals surface area contributed by atoms with E-state index in [0.717, 1.165) is 0 Å². The van der Waals surface area contributed by atoms with Gasteiger partial charge in [0.25, 0.3) is 0 Å². The van der Waals surface area contributed by atoms with Crippen molar-refractivity contribution in [2.75, 3.05) is 0 Å². The van der Waals surface area contributed by atoms with E-state index in [1.165, 1.54) is 5.59 Å². The van der Waals surface area contributed by atoms with Gasteiger partial charge in [-0.3, -0.25) is 5.84 Å². The minimum Gasteiger partial charge on any atom is -0.747 e. The summed E-state index contributed by atoms with van der Waals surface area (Å²) in [4.78, 5) is 7.03. The normalized spacial score (nSPS) is 11.3. The Bertz CT molecular complexity index is 64.0. The molecule has 0 spiro atoms. The molecular formula is H5N5O4-2. The van der Waals surface area contributed by atoms with Crippen LogP contribution in [-0.4, -0.2) is 10.7 Å². The number of nitrogens with one attached hydrogen (secondary N) is 1. The van der Waals surface area contributed by atoms with E-state index >= 15 is 0 Å². The molecule has 0 atom stereocenters. The fourth-order valence-corrected chi connectivity index (χ4v) is 0.0951. The summed E-state index contributed by atoms with van der Waals surface area (Å²) in [6, 6.07) is 0. The lowest BCUT2D eigenvalue weighted by atomic mass is 12.4. The van der Waals surface area contributed by atoms with E-state index in [0.29, 0.717) is 0 Å². The fourth-order valence-electron chi connectivity index (χ4n) is 0.0951. The van der Waals surface area contributed by atoms with Gasteiger partial charge in [-0.2, -0.15) is 16.2 Å². The molecule has 0 aromatic rings. The molecule has 0 bridgehead atoms. The molecule has 0 aromatic carbocycles. The summed E-state index contributed by atoms with van der Waals surface area (Å²) in [7, 11) is 0. The zero-order valence-corrected chi connectivity index (χ0v) is 4.18. The maximum atomic E-state index is 9.83. The smallest absolute Gasteiger partial charge is 0.0997 e. The zero-order valence-electron chi connectivity index (χ0n) is 4.18. The maximum Gasteiger partial charge on any atom is -0.0997 e. The van der Waals surface area contributed by atoms with E-state index in [1.54, 1.807) is 0 Å². The molecule has 0 saturated heterocycles. The topological polar surface area (TPSA) is 135 Å². The lowest BCUT2D eigenvalue weighted by Crippen LogP contribution is -2.41. The van der Waals surface area contributed by atoms with Crippen molar-refractivity contribution < 1.29 is 9.88 Å². The third-order valence-electron chi connectivity index (χ3n) is 0.301. The Morgan fingerprint density at radius 1 is 1.44 bits per heavy atom. The Kier molecular flexibility index (Phi) is 4.33. The number of hydrazine groups is 2. The van der Waals surface area contributed by atoms with Crippen molar-refractivity contribution in [1.29, 1.82) is 0 Å². The predicted octanol–water partition coefficient (Wildman–Crippen LogP) is -2.38. The van der Waals surface area contributed by atoms with Gasteiger partial charge >= 0.3 is 0 Å². The molecule has 0 amide bonds. The number of nitrogens with zero attached hydrogens (tertiary/aromatic N) is 2. The van der Waals surface area contributed by atoms with Crippen molar-refractivity contribution >= 4 is 0 Å². The van der Waals surface area contributed by atoms with E-state index < -0.39 is 10.7 Å². The van der Waals surface area contributed by atoms with Crippen LogP contribution in [0, 0.1) is 10.4 Å². The molecular weight excluding hydrogens is 134 g/mol. The second kappa shape index (κ2) is 4.51. The number of nitrogens with two attached hydrogens (primary N) is 2. The van der Waals surface area contributed by atoms with E-state index in [9.17, 15) is 10.4 Å². The van der Waals surface area contributed by atoms with Crippen molar-refractivity contribution in [2.24, 2.45) is 11.7 Å². The van der Waals surface area contributed by atoms with Crippen LogP contribution in [0.2, 0.25) is 0 Å². The molecule has 56 valence electrons. The summed E-state index contributed by atoms with van der Waals surface area (Å²) in [6.45, 7) is 0. The van der Waals surface area contributed by atoms with Gasteiger partial charge in [-0.05, 0) is 0 Å². The van der Waals surface area contributed by atoms with Crippen molar-refractivity contribution in [3.8, 4) is 0 Å². The van der Waals surface area contributed by atoms with Crippen molar-refractivity contribution in [3.05, 3.63) is 10.4 Å². The van der Waals surface area contributed by atoms with Gasteiger partial charge in [0.1, 0.15) is 0 Å². The van der Waals surface area contributed by atoms with E-state index in [-0.39, 0.29) is 0 Å². The van der Waals surface area contributed by atoms with Crippen LogP contribution in [0.25, 0.3) is 0 Å². The Hall–Kier alpha value is -0.360. The summed E-state index contributed by atoms with van der Waals surface area (Å²) >= 11 is 0. The molecule has 5 N–H and O–H groups in total. The molecule has 0 rings (SSSR count). The quantitative estimate of drug-likeness (QED) is 0.288. The Morgan fingerprint density at radius 2 is 2.00 bits per heavy atom. The first kappa shape index (κ1) is 8.64. The lowest BCUT2D eigenvalue weighted by Gasteiger charge is -2.27. The first-order valence-electron chi connectivity index (χ1n) is 1.65. The van der Waals surface area contributed by atoms with Gasteiger partial charge in [0.2, 0.25) is 0 Å². The van der Waals surface area contributed by atoms with E-state index in [1.807, 2.05) is 0 Å². The number of rotatable bonds is 4. The monoisotopic (exact) mass is 139 g/mol. The summed E-state index contributed by atoms with van der Waals surface area (Å²) in [6.07, 6.45) is 0. The molecule has 0 aliphatic rings. The molecule has 0 aromatic heterocycles. The Labute approximate surface area is 49.6 Å². The van der Waals surface area contributed by atoms with Gasteiger partial charge in [-0.25, -0.2) is 4.94 Å². The van der Waals surface area contributed by atoms with Crippen LogP contribution in [0.1, 0.15) is 0 Å². The van der Waals surface area contributed by atoms with Gasteiger partial charge in [-0.15, -0.1) is 5.34 Å². The minimum atomic E-state index is -0.496. The Balaban J connectivity index is 3.06. The van der Waals surface area contributed by atoms with Gasteiger partial charge in [0.05, 0.1) is 0 Å². The maximum absolute atomic E-state index is 9.83. The van der Waals surface area contributed by atoms with E-state index in [2.05, 4.69) is 21.6 Å². The van der Waals surface area contributed by atoms with Crippen molar-refractivity contribution in [2.45, 2.75) is 0 Å². The molecule has 9 heteroatoms. The van der Waals surface area contributed by atoms with Gasteiger partial charge in [0, 0.05) is 0 Å².